The van der Waals surface area contributed by atoms with Gasteiger partial charge in [0.15, 0.2) is 5.78 Å². The molecule has 0 spiro atoms. The minimum Gasteiger partial charge on any atom is -0.496 e. The van der Waals surface area contributed by atoms with Crippen LogP contribution in [0.3, 0.4) is 0 Å². The summed E-state index contributed by atoms with van der Waals surface area (Å²) in [6.07, 6.45) is 1.69. The fourth-order valence-corrected chi connectivity index (χ4v) is 1.52. The van der Waals surface area contributed by atoms with Gasteiger partial charge in [0.25, 0.3) is 0 Å². The molecule has 6 heteroatoms. The molecule has 0 unspecified atom stereocenters. The minimum atomic E-state index is -1.21. The number of aliphatic carboxylic acids is 1. The van der Waals surface area contributed by atoms with Gasteiger partial charge < -0.3 is 14.6 Å². The molecular formula is C12H11ClO5. The topological polar surface area (TPSA) is 72.8 Å². The van der Waals surface area contributed by atoms with Crippen molar-refractivity contribution in [2.45, 2.75) is 0 Å². The molecule has 96 valence electrons. The molecule has 0 radical (unpaired) electrons. The van der Waals surface area contributed by atoms with Gasteiger partial charge in [0.05, 0.1) is 24.8 Å². The third-order valence-electron chi connectivity index (χ3n) is 2.12. The number of ketones is 1. The summed E-state index contributed by atoms with van der Waals surface area (Å²) in [4.78, 5) is 22.1. The molecule has 0 aromatic heterocycles. The smallest absolute Gasteiger partial charge is 0.328 e. The Balaban J connectivity index is 3.21. The summed E-state index contributed by atoms with van der Waals surface area (Å²) < 4.78 is 9.99. The van der Waals surface area contributed by atoms with E-state index in [-0.39, 0.29) is 11.3 Å². The van der Waals surface area contributed by atoms with E-state index in [9.17, 15) is 9.59 Å². The Morgan fingerprint density at radius 3 is 2.28 bits per heavy atom. The van der Waals surface area contributed by atoms with Gasteiger partial charge in [0.2, 0.25) is 0 Å². The number of carbonyl (C=O) groups excluding carboxylic acids is 1. The van der Waals surface area contributed by atoms with Crippen molar-refractivity contribution in [3.8, 4) is 11.5 Å². The first-order chi connectivity index (χ1) is 8.49. The number of halogens is 1. The second kappa shape index (κ2) is 6.07. The van der Waals surface area contributed by atoms with E-state index in [0.29, 0.717) is 10.8 Å². The largest absolute Gasteiger partial charge is 0.496 e. The van der Waals surface area contributed by atoms with Crippen molar-refractivity contribution in [2.24, 2.45) is 0 Å². The molecule has 0 aliphatic heterocycles. The summed E-state index contributed by atoms with van der Waals surface area (Å²) in [6, 6.07) is 2.83. The Bertz CT molecular complexity index is 507. The summed E-state index contributed by atoms with van der Waals surface area (Å²) in [5, 5.41) is 8.76. The third-order valence-corrected chi connectivity index (χ3v) is 2.41. The van der Waals surface area contributed by atoms with Crippen LogP contribution in [0, 0.1) is 0 Å². The number of carboxylic acid groups (broad SMARTS) is 1. The molecule has 1 N–H and O–H groups in total. The highest BCUT2D eigenvalue weighted by Crippen LogP contribution is 2.32. The van der Waals surface area contributed by atoms with E-state index in [1.165, 1.54) is 26.4 Å². The van der Waals surface area contributed by atoms with E-state index in [4.69, 9.17) is 26.2 Å². The van der Waals surface area contributed by atoms with Gasteiger partial charge in [-0.25, -0.2) is 4.79 Å². The Morgan fingerprint density at radius 1 is 1.17 bits per heavy atom. The van der Waals surface area contributed by atoms with E-state index < -0.39 is 11.8 Å². The lowest BCUT2D eigenvalue weighted by Crippen LogP contribution is -2.01. The second-order valence-corrected chi connectivity index (χ2v) is 3.63. The lowest BCUT2D eigenvalue weighted by atomic mass is 10.1. The first-order valence-corrected chi connectivity index (χ1v) is 5.24. The molecule has 1 aromatic rings. The van der Waals surface area contributed by atoms with E-state index in [0.717, 1.165) is 12.2 Å². The predicted molar refractivity (Wildman–Crippen MR) is 65.7 cm³/mol. The molecule has 1 aromatic carbocycles. The van der Waals surface area contributed by atoms with Crippen LogP contribution in [-0.2, 0) is 4.79 Å². The lowest BCUT2D eigenvalue weighted by molar-refractivity contribution is -0.131. The maximum Gasteiger partial charge on any atom is 0.328 e. The molecule has 0 atom stereocenters. The summed E-state index contributed by atoms with van der Waals surface area (Å²) in [7, 11) is 2.80. The van der Waals surface area contributed by atoms with Crippen LogP contribution in [0.1, 0.15) is 10.4 Å². The molecule has 0 bridgehead atoms. The molecule has 18 heavy (non-hydrogen) atoms. The average Bonchev–Trinajstić information content (AvgIpc) is 2.35. The van der Waals surface area contributed by atoms with Crippen molar-refractivity contribution in [1.29, 1.82) is 0 Å². The van der Waals surface area contributed by atoms with Crippen molar-refractivity contribution >= 4 is 23.4 Å². The van der Waals surface area contributed by atoms with Crippen LogP contribution < -0.4 is 9.47 Å². The number of benzene rings is 1. The Hall–Kier alpha value is -2.01. The van der Waals surface area contributed by atoms with Crippen molar-refractivity contribution in [1.82, 2.24) is 0 Å². The summed E-state index contributed by atoms with van der Waals surface area (Å²) in [5.74, 6) is -1.15. The van der Waals surface area contributed by atoms with Crippen LogP contribution in [0.5, 0.6) is 11.5 Å². The fraction of sp³-hybridized carbons (Fsp3) is 0.167. The van der Waals surface area contributed by atoms with Crippen LogP contribution in [0.15, 0.2) is 24.3 Å². The summed E-state index contributed by atoms with van der Waals surface area (Å²) in [5.41, 5.74) is 0.177. The average molecular weight is 271 g/mol. The van der Waals surface area contributed by atoms with E-state index >= 15 is 0 Å². The van der Waals surface area contributed by atoms with E-state index in [1.807, 2.05) is 0 Å². The third kappa shape index (κ3) is 3.24. The van der Waals surface area contributed by atoms with Crippen LogP contribution in [0.4, 0.5) is 0 Å². The first-order valence-electron chi connectivity index (χ1n) is 4.86. The van der Waals surface area contributed by atoms with Gasteiger partial charge >= 0.3 is 5.97 Å². The predicted octanol–water partition coefficient (Wildman–Crippen LogP) is 2.18. The number of carboxylic acids is 1. The number of methoxy groups -OCH3 is 2. The number of allylic oxidation sites excluding steroid dienone is 1. The van der Waals surface area contributed by atoms with Gasteiger partial charge in [-0.2, -0.15) is 0 Å². The molecule has 0 amide bonds. The van der Waals surface area contributed by atoms with Gasteiger partial charge in [-0.3, -0.25) is 4.79 Å². The van der Waals surface area contributed by atoms with Crippen LogP contribution in [-0.4, -0.2) is 31.1 Å². The van der Waals surface area contributed by atoms with Crippen molar-refractivity contribution in [2.75, 3.05) is 14.2 Å². The van der Waals surface area contributed by atoms with Crippen molar-refractivity contribution in [3.05, 3.63) is 34.9 Å². The van der Waals surface area contributed by atoms with Crippen LogP contribution in [0.25, 0.3) is 0 Å². The SMILES string of the molecule is COc1cc(C(=O)/C=C/C(=O)O)c(OC)cc1Cl. The molecule has 5 nitrogen and oxygen atoms in total. The lowest BCUT2D eigenvalue weighted by Gasteiger charge is -2.09. The standard InChI is InChI=1S/C12H11ClO5/c1-17-10-6-8(13)11(18-2)5-7(10)9(14)3-4-12(15)16/h3-6H,1-2H3,(H,15,16)/b4-3+. The van der Waals surface area contributed by atoms with E-state index in [1.54, 1.807) is 0 Å². The van der Waals surface area contributed by atoms with Gasteiger partial charge in [-0.05, 0) is 12.1 Å². The van der Waals surface area contributed by atoms with Gasteiger partial charge in [0, 0.05) is 12.1 Å². The molecule has 0 saturated carbocycles. The highest BCUT2D eigenvalue weighted by molar-refractivity contribution is 6.32. The zero-order valence-corrected chi connectivity index (χ0v) is 10.5. The molecule has 0 aliphatic rings. The summed E-state index contributed by atoms with van der Waals surface area (Å²) >= 11 is 5.88. The van der Waals surface area contributed by atoms with Crippen molar-refractivity contribution in [3.63, 3.8) is 0 Å². The second-order valence-electron chi connectivity index (χ2n) is 3.22. The van der Waals surface area contributed by atoms with E-state index in [2.05, 4.69) is 0 Å². The maximum absolute atomic E-state index is 11.8. The Labute approximate surface area is 109 Å². The minimum absolute atomic E-state index is 0.177. The summed E-state index contributed by atoms with van der Waals surface area (Å²) in [6.45, 7) is 0. The molecule has 0 saturated heterocycles. The van der Waals surface area contributed by atoms with Crippen LogP contribution >= 0.6 is 11.6 Å². The number of hydrogen-bond acceptors (Lipinski definition) is 4. The molecule has 0 heterocycles. The zero-order chi connectivity index (χ0) is 13.7. The number of hydrogen-bond donors (Lipinski definition) is 1. The number of rotatable bonds is 5. The fourth-order valence-electron chi connectivity index (χ4n) is 1.29. The van der Waals surface area contributed by atoms with Gasteiger partial charge in [-0.1, -0.05) is 11.6 Å². The Morgan fingerprint density at radius 2 is 1.78 bits per heavy atom. The number of carbonyl (C=O) groups is 2. The molecular weight excluding hydrogens is 260 g/mol. The maximum atomic E-state index is 11.8. The molecule has 0 aliphatic carbocycles. The van der Waals surface area contributed by atoms with Crippen molar-refractivity contribution < 1.29 is 24.2 Å². The normalized spacial score (nSPS) is 10.4. The van der Waals surface area contributed by atoms with Gasteiger partial charge in [-0.15, -0.1) is 0 Å². The highest BCUT2D eigenvalue weighted by Gasteiger charge is 2.14. The molecule has 0 fully saturated rings. The first kappa shape index (κ1) is 14.1. The van der Waals surface area contributed by atoms with Gasteiger partial charge in [0.1, 0.15) is 11.5 Å². The molecule has 1 rings (SSSR count). The van der Waals surface area contributed by atoms with Crippen LogP contribution in [0.2, 0.25) is 5.02 Å². The highest BCUT2D eigenvalue weighted by atomic mass is 35.5. The Kier molecular flexibility index (Phi) is 4.74. The zero-order valence-electron chi connectivity index (χ0n) is 9.77. The quantitative estimate of drug-likeness (QED) is 0.656. The number of ether oxygens (including phenoxy) is 2. The monoisotopic (exact) mass is 270 g/mol.